The fraction of sp³-hybridized carbons (Fsp3) is 0.222. The average Bonchev–Trinajstić information content (AvgIpc) is 2.70. The molecule has 1 heterocycles. The number of halogens is 2. The van der Waals surface area contributed by atoms with Gasteiger partial charge in [-0.15, -0.1) is 0 Å². The summed E-state index contributed by atoms with van der Waals surface area (Å²) in [5, 5.41) is 5.74. The first kappa shape index (κ1) is 17.2. The fourth-order valence-electron chi connectivity index (χ4n) is 2.84. The van der Waals surface area contributed by atoms with Gasteiger partial charge in [0.25, 0.3) is 0 Å². The molecular weight excluding hydrogens is 345 g/mol. The zero-order chi connectivity index (χ0) is 18.0. The average molecular weight is 362 g/mol. The largest absolute Gasteiger partial charge is 0.376 e. The van der Waals surface area contributed by atoms with Gasteiger partial charge >= 0.3 is 0 Å². The highest BCUT2D eigenvalue weighted by Gasteiger charge is 2.29. The van der Waals surface area contributed by atoms with Gasteiger partial charge in [-0.05, 0) is 37.3 Å². The van der Waals surface area contributed by atoms with Crippen LogP contribution in [0.3, 0.4) is 0 Å². The zero-order valence-electron chi connectivity index (χ0n) is 13.6. The summed E-state index contributed by atoms with van der Waals surface area (Å²) in [5.74, 6) is -0.844. The van der Waals surface area contributed by atoms with Crippen molar-refractivity contribution in [1.82, 2.24) is 0 Å². The van der Waals surface area contributed by atoms with Crippen molar-refractivity contribution < 1.29 is 14.0 Å². The normalized spacial score (nSPS) is 16.7. The Morgan fingerprint density at radius 2 is 2.12 bits per heavy atom. The molecule has 2 amide bonds. The quantitative estimate of drug-likeness (QED) is 0.877. The Hall–Kier alpha value is -2.60. The number of benzene rings is 2. The van der Waals surface area contributed by atoms with E-state index >= 15 is 0 Å². The number of hydrogen-bond donors (Lipinski definition) is 2. The van der Waals surface area contributed by atoms with Gasteiger partial charge in [0.1, 0.15) is 5.82 Å². The molecule has 130 valence electrons. The van der Waals surface area contributed by atoms with E-state index in [0.717, 1.165) is 0 Å². The van der Waals surface area contributed by atoms with Gasteiger partial charge in [0.05, 0.1) is 22.9 Å². The molecule has 0 aromatic heterocycles. The lowest BCUT2D eigenvalue weighted by molar-refractivity contribution is -0.118. The molecular formula is C18H17ClFN3O2. The lowest BCUT2D eigenvalue weighted by Gasteiger charge is -2.28. The number of carbonyl (C=O) groups is 2. The summed E-state index contributed by atoms with van der Waals surface area (Å²) in [5.41, 5.74) is 1.81. The topological polar surface area (TPSA) is 61.4 Å². The van der Waals surface area contributed by atoms with E-state index in [-0.39, 0.29) is 35.8 Å². The van der Waals surface area contributed by atoms with Crippen LogP contribution < -0.4 is 15.5 Å². The molecule has 0 radical (unpaired) electrons. The molecule has 3 rings (SSSR count). The molecule has 1 unspecified atom stereocenters. The molecule has 0 saturated carbocycles. The molecule has 1 aliphatic heterocycles. The van der Waals surface area contributed by atoms with Gasteiger partial charge in [-0.25, -0.2) is 4.39 Å². The molecule has 0 spiro atoms. The molecule has 0 fully saturated rings. The second kappa shape index (κ2) is 7.11. The van der Waals surface area contributed by atoms with Crippen molar-refractivity contribution in [3.05, 3.63) is 53.3 Å². The highest BCUT2D eigenvalue weighted by molar-refractivity contribution is 6.31. The van der Waals surface area contributed by atoms with Crippen molar-refractivity contribution >= 4 is 40.5 Å². The molecule has 2 aromatic rings. The number of fused-ring (bicyclic) bond motifs is 1. The maximum absolute atomic E-state index is 13.2. The van der Waals surface area contributed by atoms with E-state index in [1.807, 2.05) is 13.0 Å². The van der Waals surface area contributed by atoms with Gasteiger partial charge in [-0.2, -0.15) is 0 Å². The second-order valence-corrected chi connectivity index (χ2v) is 6.27. The van der Waals surface area contributed by atoms with Crippen LogP contribution in [0.1, 0.15) is 13.3 Å². The van der Waals surface area contributed by atoms with Crippen molar-refractivity contribution in [2.45, 2.75) is 19.4 Å². The number of amides is 2. The Morgan fingerprint density at radius 1 is 1.36 bits per heavy atom. The van der Waals surface area contributed by atoms with Crippen LogP contribution in [-0.2, 0) is 9.59 Å². The Kier molecular flexibility index (Phi) is 4.90. The van der Waals surface area contributed by atoms with E-state index in [0.29, 0.717) is 17.1 Å². The Bertz CT molecular complexity index is 828. The van der Waals surface area contributed by atoms with Crippen molar-refractivity contribution in [1.29, 1.82) is 0 Å². The van der Waals surface area contributed by atoms with Crippen LogP contribution in [0.4, 0.5) is 21.5 Å². The van der Waals surface area contributed by atoms with Crippen molar-refractivity contribution in [3.63, 3.8) is 0 Å². The van der Waals surface area contributed by atoms with Crippen molar-refractivity contribution in [2.24, 2.45) is 0 Å². The number of rotatable bonds is 3. The smallest absolute Gasteiger partial charge is 0.246 e. The number of nitrogens with zero attached hydrogens (tertiary/aromatic N) is 1. The molecule has 5 nitrogen and oxygen atoms in total. The first-order valence-electron chi connectivity index (χ1n) is 7.85. The molecule has 2 N–H and O–H groups in total. The third kappa shape index (κ3) is 3.74. The molecule has 7 heteroatoms. The van der Waals surface area contributed by atoms with Crippen LogP contribution in [0.25, 0.3) is 0 Å². The van der Waals surface area contributed by atoms with Crippen LogP contribution in [0, 0.1) is 5.82 Å². The summed E-state index contributed by atoms with van der Waals surface area (Å²) < 4.78 is 13.2. The maximum Gasteiger partial charge on any atom is 0.246 e. The van der Waals surface area contributed by atoms with E-state index in [1.165, 1.54) is 18.2 Å². The van der Waals surface area contributed by atoms with Crippen molar-refractivity contribution in [3.8, 4) is 0 Å². The predicted molar refractivity (Wildman–Crippen MR) is 96.5 cm³/mol. The van der Waals surface area contributed by atoms with E-state index in [1.54, 1.807) is 23.1 Å². The summed E-state index contributed by atoms with van der Waals surface area (Å²) in [4.78, 5) is 26.3. The van der Waals surface area contributed by atoms with Gasteiger partial charge in [0.2, 0.25) is 11.8 Å². The third-order valence-corrected chi connectivity index (χ3v) is 4.28. The maximum atomic E-state index is 13.2. The number of para-hydroxylation sites is 2. The van der Waals surface area contributed by atoms with Crippen LogP contribution in [0.15, 0.2) is 42.5 Å². The van der Waals surface area contributed by atoms with E-state index in [2.05, 4.69) is 10.6 Å². The molecule has 25 heavy (non-hydrogen) atoms. The summed E-state index contributed by atoms with van der Waals surface area (Å²) in [6.45, 7) is 1.82. The van der Waals surface area contributed by atoms with Crippen LogP contribution in [-0.4, -0.2) is 24.4 Å². The minimum Gasteiger partial charge on any atom is -0.376 e. The van der Waals surface area contributed by atoms with Crippen molar-refractivity contribution in [2.75, 3.05) is 22.1 Å². The molecule has 1 aliphatic rings. The van der Waals surface area contributed by atoms with Gasteiger partial charge in [-0.3, -0.25) is 9.59 Å². The Morgan fingerprint density at radius 3 is 2.88 bits per heavy atom. The third-order valence-electron chi connectivity index (χ3n) is 3.99. The predicted octanol–water partition coefficient (Wildman–Crippen LogP) is 3.65. The van der Waals surface area contributed by atoms with E-state index in [9.17, 15) is 14.0 Å². The second-order valence-electron chi connectivity index (χ2n) is 5.86. The number of carbonyl (C=O) groups excluding carboxylic acids is 2. The Labute approximate surface area is 149 Å². The summed E-state index contributed by atoms with van der Waals surface area (Å²) in [6.07, 6.45) is 0.211. The van der Waals surface area contributed by atoms with Crippen LogP contribution >= 0.6 is 11.6 Å². The lowest BCUT2D eigenvalue weighted by atomic mass is 10.1. The van der Waals surface area contributed by atoms with Gasteiger partial charge in [0.15, 0.2) is 0 Å². The fourth-order valence-corrected chi connectivity index (χ4v) is 3.02. The monoisotopic (exact) mass is 361 g/mol. The minimum atomic E-state index is -0.516. The zero-order valence-corrected chi connectivity index (χ0v) is 14.3. The molecule has 1 atom stereocenters. The minimum absolute atomic E-state index is 0.00513. The standard InChI is InChI=1S/C18H17ClFN3O2/c1-11-8-17(24)22-15-4-2-3-5-16(15)23(11)18(25)10-21-12-6-7-14(20)13(19)9-12/h2-7,9,11,21H,8,10H2,1H3,(H,22,24). The van der Waals surface area contributed by atoms with E-state index < -0.39 is 5.82 Å². The summed E-state index contributed by atoms with van der Waals surface area (Å²) in [6, 6.07) is 11.1. The van der Waals surface area contributed by atoms with Gasteiger partial charge in [-0.1, -0.05) is 23.7 Å². The highest BCUT2D eigenvalue weighted by atomic mass is 35.5. The van der Waals surface area contributed by atoms with E-state index in [4.69, 9.17) is 11.6 Å². The van der Waals surface area contributed by atoms with Crippen LogP contribution in [0.5, 0.6) is 0 Å². The highest BCUT2D eigenvalue weighted by Crippen LogP contribution is 2.31. The molecule has 0 bridgehead atoms. The number of nitrogens with one attached hydrogen (secondary N) is 2. The Balaban J connectivity index is 1.80. The summed E-state index contributed by atoms with van der Waals surface area (Å²) >= 11 is 5.75. The summed E-state index contributed by atoms with van der Waals surface area (Å²) in [7, 11) is 0. The SMILES string of the molecule is CC1CC(=O)Nc2ccccc2N1C(=O)CNc1ccc(F)c(Cl)c1. The first-order valence-corrected chi connectivity index (χ1v) is 8.23. The number of hydrogen-bond acceptors (Lipinski definition) is 3. The molecule has 0 aliphatic carbocycles. The number of anilines is 3. The van der Waals surface area contributed by atoms with Crippen LogP contribution in [0.2, 0.25) is 5.02 Å². The van der Waals surface area contributed by atoms with Gasteiger partial charge in [0, 0.05) is 18.2 Å². The molecule has 2 aromatic carbocycles. The van der Waals surface area contributed by atoms with Gasteiger partial charge < -0.3 is 15.5 Å². The first-order chi connectivity index (χ1) is 12.0. The lowest BCUT2D eigenvalue weighted by Crippen LogP contribution is -2.42. The molecule has 0 saturated heterocycles.